The van der Waals surface area contributed by atoms with Gasteiger partial charge in [0.15, 0.2) is 5.78 Å². The van der Waals surface area contributed by atoms with Gasteiger partial charge in [0.25, 0.3) is 0 Å². The highest BCUT2D eigenvalue weighted by atomic mass is 19.1. The summed E-state index contributed by atoms with van der Waals surface area (Å²) in [5.41, 5.74) is 3.99. The third-order valence-corrected chi connectivity index (χ3v) is 11.4. The Kier molecular flexibility index (Phi) is 8.15. The van der Waals surface area contributed by atoms with E-state index in [4.69, 9.17) is 4.74 Å². The molecule has 1 aromatic rings. The molecule has 0 amide bonds. The zero-order chi connectivity index (χ0) is 29.5. The Morgan fingerprint density at radius 1 is 1.19 bits per heavy atom. The fourth-order valence-corrected chi connectivity index (χ4v) is 9.41. The molecule has 0 bridgehead atoms. The molecule has 0 aromatic heterocycles. The number of alkyl halides is 1. The molecule has 6 rings (SSSR count). The lowest BCUT2D eigenvalue weighted by Gasteiger charge is -2.55. The van der Waals surface area contributed by atoms with Crippen molar-refractivity contribution in [2.24, 2.45) is 27.8 Å². The van der Waals surface area contributed by atoms with Crippen LogP contribution in [0.4, 0.5) is 10.1 Å². The molecule has 3 unspecified atom stereocenters. The number of aliphatic hydroxyl groups excluding tert-OH is 1. The number of nitrogens with zero attached hydrogens (tertiary/aromatic N) is 2. The highest BCUT2D eigenvalue weighted by Crippen LogP contribution is 2.70. The first-order valence-electron chi connectivity index (χ1n) is 15.8. The van der Waals surface area contributed by atoms with Gasteiger partial charge in [-0.1, -0.05) is 47.7 Å². The number of Topliss-reactive ketones (excluding diaryl/α,β-unsaturated/α-hetero) is 1. The van der Waals surface area contributed by atoms with Gasteiger partial charge >= 0.3 is 0 Å². The third-order valence-electron chi connectivity index (χ3n) is 11.4. The van der Waals surface area contributed by atoms with Gasteiger partial charge in [0.1, 0.15) is 25.4 Å². The molecule has 1 aromatic carbocycles. The average Bonchev–Trinajstić information content (AvgIpc) is 3.33. The normalized spacial score (nSPS) is 35.8. The van der Waals surface area contributed by atoms with Crippen molar-refractivity contribution in [1.29, 1.82) is 0 Å². The summed E-state index contributed by atoms with van der Waals surface area (Å²) in [7, 11) is 1.53. The van der Waals surface area contributed by atoms with E-state index in [1.54, 1.807) is 6.08 Å². The molecule has 0 spiro atoms. The molecule has 1 aliphatic heterocycles. The van der Waals surface area contributed by atoms with Crippen LogP contribution in [-0.4, -0.2) is 56.5 Å². The van der Waals surface area contributed by atoms with Crippen LogP contribution >= 0.6 is 0 Å². The topological polar surface area (TPSA) is 79.2 Å². The standard InChI is InChI=1S/C35H43FN2O4/c1-34-21-29(23-7-10-25(11-8-23)38-16-4-3-5-17-38)33-26-12-9-24(37-41)19-27(26)31(36)20-28(33)30(34)13-15-35(34,14-6-18-39)32(40)22-42-2/h7-8,10-11,19,24,28-31,39H,3-5,9,12-13,15-18,20-22H2,1-2H3/t24?,28-,29?,30-,31?,34-,35+/m0/s1. The molecule has 7 atom stereocenters. The summed E-state index contributed by atoms with van der Waals surface area (Å²) in [5.74, 6) is 6.14. The van der Waals surface area contributed by atoms with Crippen molar-refractivity contribution in [2.45, 2.75) is 82.8 Å². The molecule has 2 saturated carbocycles. The van der Waals surface area contributed by atoms with Crippen molar-refractivity contribution < 1.29 is 19.0 Å². The van der Waals surface area contributed by atoms with Crippen LogP contribution in [0.15, 0.2) is 52.2 Å². The van der Waals surface area contributed by atoms with Crippen LogP contribution in [0.5, 0.6) is 0 Å². The molecule has 1 N–H and O–H groups in total. The fourth-order valence-electron chi connectivity index (χ4n) is 9.41. The zero-order valence-corrected chi connectivity index (χ0v) is 24.9. The van der Waals surface area contributed by atoms with Gasteiger partial charge in [0.2, 0.25) is 0 Å². The quantitative estimate of drug-likeness (QED) is 0.319. The zero-order valence-electron chi connectivity index (χ0n) is 24.9. The van der Waals surface area contributed by atoms with Gasteiger partial charge in [-0.3, -0.25) is 4.79 Å². The van der Waals surface area contributed by atoms with Crippen molar-refractivity contribution in [3.63, 3.8) is 0 Å². The Bertz CT molecular complexity index is 1340. The number of hydrogen-bond acceptors (Lipinski definition) is 6. The Hall–Kier alpha value is -2.82. The number of halogens is 1. The predicted octanol–water partition coefficient (Wildman–Crippen LogP) is 6.29. The lowest BCUT2D eigenvalue weighted by molar-refractivity contribution is -0.136. The van der Waals surface area contributed by atoms with Crippen LogP contribution in [-0.2, 0) is 9.53 Å². The van der Waals surface area contributed by atoms with E-state index in [0.717, 1.165) is 25.1 Å². The number of ether oxygens (including phenoxy) is 1. The number of anilines is 1. The first-order valence-corrected chi connectivity index (χ1v) is 15.8. The molecular formula is C35H43FN2O4. The van der Waals surface area contributed by atoms with E-state index in [1.807, 2.05) is 0 Å². The minimum absolute atomic E-state index is 0.00189. The Morgan fingerprint density at radius 2 is 1.95 bits per heavy atom. The molecule has 7 heteroatoms. The second-order valence-corrected chi connectivity index (χ2v) is 13.3. The first kappa shape index (κ1) is 29.3. The number of piperidine rings is 1. The fraction of sp³-hybridized carbons (Fsp3) is 0.629. The number of ketones is 1. The Labute approximate surface area is 248 Å². The van der Waals surface area contributed by atoms with Crippen molar-refractivity contribution in [3.05, 3.63) is 57.5 Å². The molecule has 1 saturated heterocycles. The highest BCUT2D eigenvalue weighted by molar-refractivity contribution is 5.90. The number of hydrogen-bond donors (Lipinski definition) is 1. The second kappa shape index (κ2) is 11.7. The predicted molar refractivity (Wildman–Crippen MR) is 162 cm³/mol. The van der Waals surface area contributed by atoms with E-state index >= 15 is 4.39 Å². The van der Waals surface area contributed by atoms with Crippen LogP contribution in [0.2, 0.25) is 0 Å². The summed E-state index contributed by atoms with van der Waals surface area (Å²) >= 11 is 0. The molecule has 6 nitrogen and oxygen atoms in total. The van der Waals surface area contributed by atoms with E-state index in [9.17, 15) is 14.8 Å². The second-order valence-electron chi connectivity index (χ2n) is 13.3. The summed E-state index contributed by atoms with van der Waals surface area (Å²) in [4.78, 5) is 27.7. The van der Waals surface area contributed by atoms with E-state index in [-0.39, 0.29) is 36.8 Å². The van der Waals surface area contributed by atoms with E-state index in [1.165, 1.54) is 43.2 Å². The highest BCUT2D eigenvalue weighted by Gasteiger charge is 2.66. The maximum atomic E-state index is 16.0. The number of carbonyl (C=O) groups excluding carboxylic acids is 1. The Balaban J connectivity index is 1.49. The third kappa shape index (κ3) is 4.66. The van der Waals surface area contributed by atoms with Gasteiger partial charge in [0, 0.05) is 31.8 Å². The number of aliphatic hydroxyl groups is 1. The maximum Gasteiger partial charge on any atom is 0.176 e. The molecule has 1 heterocycles. The molecule has 3 fully saturated rings. The molecule has 5 aliphatic rings. The number of allylic oxidation sites excluding steroid dienone is 3. The summed E-state index contributed by atoms with van der Waals surface area (Å²) in [6.07, 6.45) is 8.00. The van der Waals surface area contributed by atoms with Crippen molar-refractivity contribution in [1.82, 2.24) is 0 Å². The molecule has 42 heavy (non-hydrogen) atoms. The van der Waals surface area contributed by atoms with Gasteiger partial charge in [0.05, 0.1) is 5.41 Å². The van der Waals surface area contributed by atoms with Gasteiger partial charge < -0.3 is 14.7 Å². The largest absolute Gasteiger partial charge is 0.384 e. The number of fused-ring (bicyclic) bond motifs is 4. The summed E-state index contributed by atoms with van der Waals surface area (Å²) in [6, 6.07) is 8.45. The number of methoxy groups -OCH3 is 1. The lowest BCUT2D eigenvalue weighted by Crippen LogP contribution is -2.52. The number of nitroso groups, excluding NO2 is 1. The van der Waals surface area contributed by atoms with Crippen LogP contribution < -0.4 is 4.90 Å². The lowest BCUT2D eigenvalue weighted by atomic mass is 9.48. The average molecular weight is 575 g/mol. The van der Waals surface area contributed by atoms with E-state index < -0.39 is 23.0 Å². The molecule has 224 valence electrons. The van der Waals surface area contributed by atoms with Gasteiger partial charge in [-0.25, -0.2) is 4.39 Å². The first-order chi connectivity index (χ1) is 20.4. The molecule has 0 radical (unpaired) electrons. The van der Waals surface area contributed by atoms with E-state index in [2.05, 4.69) is 53.1 Å². The monoisotopic (exact) mass is 574 g/mol. The van der Waals surface area contributed by atoms with E-state index in [0.29, 0.717) is 37.7 Å². The molecular weight excluding hydrogens is 531 g/mol. The maximum absolute atomic E-state index is 16.0. The van der Waals surface area contributed by atoms with Crippen molar-refractivity contribution in [3.8, 4) is 11.8 Å². The van der Waals surface area contributed by atoms with Crippen molar-refractivity contribution >= 4 is 11.5 Å². The van der Waals surface area contributed by atoms with Gasteiger partial charge in [-0.2, -0.15) is 4.91 Å². The SMILES string of the molecule is COCC(=O)[C@@]1(C#CCO)CC[C@H]2[C@@H]3CC(F)C4=CC(N=O)CCC4=C3C(c3ccc(N4CCCCC4)cc3)C[C@@]21C. The smallest absolute Gasteiger partial charge is 0.176 e. The van der Waals surface area contributed by atoms with Gasteiger partial charge in [-0.05, 0) is 104 Å². The Morgan fingerprint density at radius 3 is 2.64 bits per heavy atom. The number of carbonyl (C=O) groups is 1. The number of rotatable bonds is 6. The van der Waals surface area contributed by atoms with Crippen LogP contribution in [0, 0.1) is 39.4 Å². The summed E-state index contributed by atoms with van der Waals surface area (Å²) in [6.45, 7) is 3.99. The summed E-state index contributed by atoms with van der Waals surface area (Å²) in [5, 5.41) is 12.9. The van der Waals surface area contributed by atoms with Crippen LogP contribution in [0.3, 0.4) is 0 Å². The number of benzene rings is 1. The van der Waals surface area contributed by atoms with Crippen molar-refractivity contribution in [2.75, 3.05) is 38.3 Å². The minimum atomic E-state index is -1.16. The molecule has 4 aliphatic carbocycles. The summed E-state index contributed by atoms with van der Waals surface area (Å²) < 4.78 is 21.4. The van der Waals surface area contributed by atoms with Gasteiger partial charge in [-0.15, -0.1) is 0 Å². The van der Waals surface area contributed by atoms with Crippen LogP contribution in [0.25, 0.3) is 0 Å². The minimum Gasteiger partial charge on any atom is -0.384 e. The van der Waals surface area contributed by atoms with Crippen LogP contribution in [0.1, 0.15) is 76.2 Å².